The second-order valence-corrected chi connectivity index (χ2v) is 8.15. The molecule has 6 nitrogen and oxygen atoms in total. The first-order chi connectivity index (χ1) is 13.5. The van der Waals surface area contributed by atoms with Crippen molar-refractivity contribution < 1.29 is 9.59 Å². The van der Waals surface area contributed by atoms with E-state index in [-0.39, 0.29) is 11.8 Å². The van der Waals surface area contributed by atoms with Crippen LogP contribution in [0.2, 0.25) is 0 Å². The smallest absolute Gasteiger partial charge is 0.273 e. The number of carbonyl (C=O) groups excluding carboxylic acids is 2. The summed E-state index contributed by atoms with van der Waals surface area (Å²) in [6.07, 6.45) is 7.50. The summed E-state index contributed by atoms with van der Waals surface area (Å²) in [5, 5.41) is 5.20. The van der Waals surface area contributed by atoms with E-state index in [9.17, 15) is 9.59 Å². The van der Waals surface area contributed by atoms with Crippen LogP contribution in [-0.4, -0.2) is 57.8 Å². The summed E-state index contributed by atoms with van der Waals surface area (Å²) in [5.41, 5.74) is 1.80. The first kappa shape index (κ1) is 20.2. The molecule has 3 heterocycles. The third-order valence-corrected chi connectivity index (χ3v) is 6.02. The highest BCUT2D eigenvalue weighted by atomic mass is 32.1. The zero-order valence-corrected chi connectivity index (χ0v) is 17.6. The van der Waals surface area contributed by atoms with Crippen LogP contribution in [0.1, 0.15) is 37.9 Å². The van der Waals surface area contributed by atoms with Crippen LogP contribution < -0.4 is 0 Å². The van der Waals surface area contributed by atoms with E-state index in [1.54, 1.807) is 26.6 Å². The number of rotatable bonds is 5. The fraction of sp³-hybridized carbons (Fsp3) is 0.300. The van der Waals surface area contributed by atoms with Gasteiger partial charge in [-0.1, -0.05) is 30.9 Å². The van der Waals surface area contributed by atoms with Gasteiger partial charge in [0.2, 0.25) is 0 Å². The number of carbonyl (C=O) groups is 2. The number of thiazole rings is 2. The summed E-state index contributed by atoms with van der Waals surface area (Å²) in [7, 11) is 0. The molecule has 0 aromatic carbocycles. The fourth-order valence-corrected chi connectivity index (χ4v) is 4.23. The molecule has 0 radical (unpaired) electrons. The molecule has 0 unspecified atom stereocenters. The molecule has 2 amide bonds. The SMILES string of the molecule is C=C/C(=C\C=C/C)c1nc(C(=O)N2CCN(C(=O)c3csc(C)n3)CC2)cs1. The zero-order valence-electron chi connectivity index (χ0n) is 15.9. The third kappa shape index (κ3) is 4.45. The maximum absolute atomic E-state index is 12.8. The predicted octanol–water partition coefficient (Wildman–Crippen LogP) is 3.65. The van der Waals surface area contributed by atoms with Gasteiger partial charge in [-0.2, -0.15) is 0 Å². The molecule has 0 spiro atoms. The Morgan fingerprint density at radius 1 is 1.04 bits per heavy atom. The van der Waals surface area contributed by atoms with Gasteiger partial charge in [-0.3, -0.25) is 9.59 Å². The van der Waals surface area contributed by atoms with Gasteiger partial charge < -0.3 is 9.80 Å². The Balaban J connectivity index is 1.62. The molecular weight excluding hydrogens is 392 g/mol. The van der Waals surface area contributed by atoms with Gasteiger partial charge in [-0.05, 0) is 13.8 Å². The molecule has 1 aliphatic heterocycles. The van der Waals surface area contributed by atoms with Crippen molar-refractivity contribution in [2.45, 2.75) is 13.8 Å². The lowest BCUT2D eigenvalue weighted by molar-refractivity contribution is 0.0530. The predicted molar refractivity (Wildman–Crippen MR) is 114 cm³/mol. The summed E-state index contributed by atoms with van der Waals surface area (Å²) < 4.78 is 0. The summed E-state index contributed by atoms with van der Waals surface area (Å²) >= 11 is 2.89. The second kappa shape index (κ2) is 9.07. The molecule has 0 bridgehead atoms. The number of aryl methyl sites for hydroxylation is 1. The van der Waals surface area contributed by atoms with Crippen molar-refractivity contribution in [2.75, 3.05) is 26.2 Å². The quantitative estimate of drug-likeness (QED) is 0.701. The van der Waals surface area contributed by atoms with Gasteiger partial charge in [0.15, 0.2) is 0 Å². The van der Waals surface area contributed by atoms with Gasteiger partial charge in [0, 0.05) is 42.5 Å². The van der Waals surface area contributed by atoms with Crippen LogP contribution in [0.15, 0.2) is 41.6 Å². The van der Waals surface area contributed by atoms with Gasteiger partial charge in [-0.25, -0.2) is 9.97 Å². The summed E-state index contributed by atoms with van der Waals surface area (Å²) in [6.45, 7) is 9.61. The number of amides is 2. The van der Waals surface area contributed by atoms with Crippen LogP contribution in [-0.2, 0) is 0 Å². The highest BCUT2D eigenvalue weighted by Gasteiger charge is 2.27. The van der Waals surface area contributed by atoms with Crippen LogP contribution in [0.4, 0.5) is 0 Å². The Labute approximate surface area is 172 Å². The van der Waals surface area contributed by atoms with E-state index in [0.717, 1.165) is 15.6 Å². The van der Waals surface area contributed by atoms with Crippen molar-refractivity contribution in [3.8, 4) is 0 Å². The van der Waals surface area contributed by atoms with E-state index in [2.05, 4.69) is 16.5 Å². The monoisotopic (exact) mass is 414 g/mol. The van der Waals surface area contributed by atoms with E-state index in [1.807, 2.05) is 32.1 Å². The lowest BCUT2D eigenvalue weighted by Gasteiger charge is -2.34. The minimum absolute atomic E-state index is 0.0721. The van der Waals surface area contributed by atoms with Crippen LogP contribution in [0.25, 0.3) is 5.57 Å². The third-order valence-electron chi connectivity index (χ3n) is 4.35. The molecule has 146 valence electrons. The van der Waals surface area contributed by atoms with Gasteiger partial charge in [0.05, 0.1) is 5.01 Å². The summed E-state index contributed by atoms with van der Waals surface area (Å²) in [5.74, 6) is -0.175. The number of hydrogen-bond donors (Lipinski definition) is 0. The largest absolute Gasteiger partial charge is 0.334 e. The Morgan fingerprint density at radius 2 is 1.61 bits per heavy atom. The Morgan fingerprint density at radius 3 is 2.11 bits per heavy atom. The molecule has 1 saturated heterocycles. The normalized spacial score (nSPS) is 15.3. The van der Waals surface area contributed by atoms with Crippen molar-refractivity contribution >= 4 is 40.1 Å². The lowest BCUT2D eigenvalue weighted by Crippen LogP contribution is -2.50. The number of hydrogen-bond acceptors (Lipinski definition) is 6. The molecule has 0 aliphatic carbocycles. The van der Waals surface area contributed by atoms with Crippen LogP contribution >= 0.6 is 22.7 Å². The Hall–Kier alpha value is -2.58. The standard InChI is InChI=1S/C20H22N4O2S2/c1-4-6-7-15(5-2)18-22-17(13-28-18)20(26)24-10-8-23(9-11-24)19(25)16-12-27-14(3)21-16/h4-7,12-13H,2,8-11H2,1,3H3/b6-4-,15-7+. The molecule has 8 heteroatoms. The van der Waals surface area contributed by atoms with Crippen LogP contribution in [0.5, 0.6) is 0 Å². The van der Waals surface area contributed by atoms with Gasteiger partial charge >= 0.3 is 0 Å². The van der Waals surface area contributed by atoms with Crippen LogP contribution in [0, 0.1) is 6.92 Å². The van der Waals surface area contributed by atoms with E-state index in [1.165, 1.54) is 22.7 Å². The highest BCUT2D eigenvalue weighted by Crippen LogP contribution is 2.22. The van der Waals surface area contributed by atoms with Crippen molar-refractivity contribution in [1.82, 2.24) is 19.8 Å². The van der Waals surface area contributed by atoms with Crippen molar-refractivity contribution in [3.63, 3.8) is 0 Å². The molecule has 1 fully saturated rings. The van der Waals surface area contributed by atoms with Crippen molar-refractivity contribution in [2.24, 2.45) is 0 Å². The second-order valence-electron chi connectivity index (χ2n) is 6.23. The molecule has 0 atom stereocenters. The van der Waals surface area contributed by atoms with E-state index in [4.69, 9.17) is 0 Å². The first-order valence-corrected chi connectivity index (χ1v) is 10.7. The average Bonchev–Trinajstić information content (AvgIpc) is 3.37. The highest BCUT2D eigenvalue weighted by molar-refractivity contribution is 7.11. The summed E-state index contributed by atoms with van der Waals surface area (Å²) in [4.78, 5) is 37.5. The molecule has 1 aliphatic rings. The zero-order chi connectivity index (χ0) is 20.1. The van der Waals surface area contributed by atoms with Crippen molar-refractivity contribution in [3.05, 3.63) is 63.0 Å². The van der Waals surface area contributed by atoms with E-state index in [0.29, 0.717) is 37.6 Å². The van der Waals surface area contributed by atoms with Gasteiger partial charge in [0.25, 0.3) is 11.8 Å². The lowest BCUT2D eigenvalue weighted by atomic mass is 10.2. The number of piperazine rings is 1. The van der Waals surface area contributed by atoms with E-state index >= 15 is 0 Å². The molecule has 0 saturated carbocycles. The average molecular weight is 415 g/mol. The number of aromatic nitrogens is 2. The van der Waals surface area contributed by atoms with Crippen LogP contribution in [0.3, 0.4) is 0 Å². The molecule has 3 rings (SSSR count). The first-order valence-electron chi connectivity index (χ1n) is 8.95. The maximum atomic E-state index is 12.8. The topological polar surface area (TPSA) is 66.4 Å². The minimum Gasteiger partial charge on any atom is -0.334 e. The molecule has 2 aromatic heterocycles. The maximum Gasteiger partial charge on any atom is 0.273 e. The number of allylic oxidation sites excluding steroid dienone is 5. The molecule has 2 aromatic rings. The summed E-state index contributed by atoms with van der Waals surface area (Å²) in [6, 6.07) is 0. The van der Waals surface area contributed by atoms with Gasteiger partial charge in [0.1, 0.15) is 16.4 Å². The molecule has 0 N–H and O–H groups in total. The van der Waals surface area contributed by atoms with Crippen molar-refractivity contribution in [1.29, 1.82) is 0 Å². The Kier molecular flexibility index (Phi) is 6.53. The number of nitrogens with zero attached hydrogens (tertiary/aromatic N) is 4. The molecular formula is C20H22N4O2S2. The Bertz CT molecular complexity index is 934. The van der Waals surface area contributed by atoms with E-state index < -0.39 is 0 Å². The minimum atomic E-state index is -0.103. The molecule has 28 heavy (non-hydrogen) atoms. The van der Waals surface area contributed by atoms with Gasteiger partial charge in [-0.15, -0.1) is 22.7 Å². The fourth-order valence-electron chi connectivity index (χ4n) is 2.83.